The Hall–Kier alpha value is -2.05. The third-order valence-corrected chi connectivity index (χ3v) is 3.47. The number of aryl methyl sites for hydroxylation is 1. The second kappa shape index (κ2) is 6.40. The Labute approximate surface area is 117 Å². The molecule has 2 heterocycles. The molecule has 0 saturated carbocycles. The second-order valence-corrected chi connectivity index (χ2v) is 4.93. The summed E-state index contributed by atoms with van der Waals surface area (Å²) in [5.74, 6) is -0.189. The number of likely N-dealkylation sites (tertiary alicyclic amines) is 1. The molecule has 1 aromatic heterocycles. The molecule has 1 N–H and O–H groups in total. The van der Waals surface area contributed by atoms with Gasteiger partial charge in [0.1, 0.15) is 6.54 Å². The Balaban J connectivity index is 1.89. The number of nitrogens with one attached hydrogen (secondary N) is 1. The number of hydrogen-bond donors (Lipinski definition) is 1. The first-order valence-electron chi connectivity index (χ1n) is 6.69. The van der Waals surface area contributed by atoms with Crippen molar-refractivity contribution in [3.63, 3.8) is 0 Å². The molecular weight excluding hydrogens is 260 g/mol. The maximum Gasteiger partial charge on any atom is 0.325 e. The molecule has 1 saturated heterocycles. The lowest BCUT2D eigenvalue weighted by Gasteiger charge is -2.31. The molecular formula is C13H20N4O3. The number of esters is 1. The Bertz CT molecular complexity index is 486. The molecule has 1 aliphatic heterocycles. The monoisotopic (exact) mass is 280 g/mol. The Morgan fingerprint density at radius 1 is 1.55 bits per heavy atom. The molecule has 0 radical (unpaired) electrons. The number of aromatic nitrogens is 2. The van der Waals surface area contributed by atoms with Crippen LogP contribution in [-0.2, 0) is 16.6 Å². The van der Waals surface area contributed by atoms with Crippen molar-refractivity contribution in [2.45, 2.75) is 18.8 Å². The van der Waals surface area contributed by atoms with Gasteiger partial charge in [-0.2, -0.15) is 5.10 Å². The number of rotatable bonds is 3. The average Bonchev–Trinajstić information content (AvgIpc) is 2.91. The molecule has 1 aromatic rings. The maximum atomic E-state index is 12.0. The zero-order valence-corrected chi connectivity index (χ0v) is 11.8. The van der Waals surface area contributed by atoms with Crippen molar-refractivity contribution >= 4 is 12.0 Å². The summed E-state index contributed by atoms with van der Waals surface area (Å²) in [6.07, 6.45) is 3.87. The first-order valence-corrected chi connectivity index (χ1v) is 6.69. The fourth-order valence-electron chi connectivity index (χ4n) is 2.39. The molecule has 7 nitrogen and oxygen atoms in total. The van der Waals surface area contributed by atoms with E-state index in [1.54, 1.807) is 9.58 Å². The van der Waals surface area contributed by atoms with Crippen molar-refractivity contribution in [1.29, 1.82) is 0 Å². The van der Waals surface area contributed by atoms with Crippen LogP contribution in [0.15, 0.2) is 12.3 Å². The number of urea groups is 1. The molecule has 1 aliphatic rings. The number of ether oxygens (including phenoxy) is 1. The van der Waals surface area contributed by atoms with E-state index >= 15 is 0 Å². The standard InChI is InChI=1S/C13H20N4O3/c1-16-7-5-11(15-16)10-4-3-6-17(9-10)13(19)14-8-12(18)20-2/h5,7,10H,3-4,6,8-9H2,1-2H3,(H,14,19)/t10-/m1/s1. The number of piperidine rings is 1. The van der Waals surface area contributed by atoms with E-state index in [4.69, 9.17) is 0 Å². The SMILES string of the molecule is COC(=O)CNC(=O)N1CCC[C@@H](c2ccn(C)n2)C1. The van der Waals surface area contributed by atoms with Gasteiger partial charge in [0, 0.05) is 32.3 Å². The van der Waals surface area contributed by atoms with Crippen molar-refractivity contribution in [2.75, 3.05) is 26.7 Å². The lowest BCUT2D eigenvalue weighted by atomic mass is 9.95. The third kappa shape index (κ3) is 3.49. The highest BCUT2D eigenvalue weighted by Crippen LogP contribution is 2.25. The fraction of sp³-hybridized carbons (Fsp3) is 0.615. The van der Waals surface area contributed by atoms with Crippen LogP contribution in [0.3, 0.4) is 0 Å². The normalized spacial score (nSPS) is 18.7. The van der Waals surface area contributed by atoms with Crippen molar-refractivity contribution in [2.24, 2.45) is 7.05 Å². The number of hydrogen-bond acceptors (Lipinski definition) is 4. The van der Waals surface area contributed by atoms with Crippen molar-refractivity contribution in [3.05, 3.63) is 18.0 Å². The maximum absolute atomic E-state index is 12.0. The van der Waals surface area contributed by atoms with Crippen LogP contribution in [0.2, 0.25) is 0 Å². The van der Waals surface area contributed by atoms with E-state index in [9.17, 15) is 9.59 Å². The van der Waals surface area contributed by atoms with Gasteiger partial charge in [-0.25, -0.2) is 4.79 Å². The van der Waals surface area contributed by atoms with Gasteiger partial charge in [-0.05, 0) is 18.9 Å². The van der Waals surface area contributed by atoms with Crippen LogP contribution in [-0.4, -0.2) is 53.4 Å². The molecule has 0 aliphatic carbocycles. The van der Waals surface area contributed by atoms with Crippen LogP contribution < -0.4 is 5.32 Å². The minimum atomic E-state index is -0.448. The highest BCUT2D eigenvalue weighted by Gasteiger charge is 2.26. The van der Waals surface area contributed by atoms with Gasteiger partial charge in [0.05, 0.1) is 12.8 Å². The first-order chi connectivity index (χ1) is 9.60. The molecule has 7 heteroatoms. The molecule has 1 fully saturated rings. The number of amides is 2. The zero-order chi connectivity index (χ0) is 14.5. The lowest BCUT2D eigenvalue weighted by Crippen LogP contribution is -2.46. The Morgan fingerprint density at radius 3 is 3.00 bits per heavy atom. The number of nitrogens with zero attached hydrogens (tertiary/aromatic N) is 3. The minimum Gasteiger partial charge on any atom is -0.468 e. The van der Waals surface area contributed by atoms with E-state index in [-0.39, 0.29) is 18.5 Å². The molecule has 2 amide bonds. The van der Waals surface area contributed by atoms with E-state index < -0.39 is 5.97 Å². The summed E-state index contributed by atoms with van der Waals surface area (Å²) in [7, 11) is 3.18. The smallest absolute Gasteiger partial charge is 0.325 e. The summed E-state index contributed by atoms with van der Waals surface area (Å²) >= 11 is 0. The largest absolute Gasteiger partial charge is 0.468 e. The summed E-state index contributed by atoms with van der Waals surface area (Å²) in [6.45, 7) is 1.24. The van der Waals surface area contributed by atoms with Gasteiger partial charge >= 0.3 is 12.0 Å². The minimum absolute atomic E-state index is 0.0971. The van der Waals surface area contributed by atoms with Gasteiger partial charge in [0.25, 0.3) is 0 Å². The van der Waals surface area contributed by atoms with Gasteiger partial charge in [-0.1, -0.05) is 0 Å². The van der Waals surface area contributed by atoms with E-state index in [0.717, 1.165) is 18.5 Å². The van der Waals surface area contributed by atoms with Crippen molar-refractivity contribution < 1.29 is 14.3 Å². The second-order valence-electron chi connectivity index (χ2n) is 4.93. The van der Waals surface area contributed by atoms with Gasteiger partial charge in [-0.3, -0.25) is 9.48 Å². The zero-order valence-electron chi connectivity index (χ0n) is 11.8. The number of carbonyl (C=O) groups excluding carboxylic acids is 2. The third-order valence-electron chi connectivity index (χ3n) is 3.47. The predicted octanol–water partition coefficient (Wildman–Crippen LogP) is 0.482. The molecule has 0 unspecified atom stereocenters. The van der Waals surface area contributed by atoms with Gasteiger partial charge < -0.3 is 15.0 Å². The number of carbonyl (C=O) groups is 2. The number of methoxy groups -OCH3 is 1. The van der Waals surface area contributed by atoms with E-state index in [2.05, 4.69) is 15.2 Å². The Kier molecular flexibility index (Phi) is 4.60. The lowest BCUT2D eigenvalue weighted by molar-refractivity contribution is -0.139. The average molecular weight is 280 g/mol. The first kappa shape index (κ1) is 14.4. The van der Waals surface area contributed by atoms with Crippen molar-refractivity contribution in [1.82, 2.24) is 20.0 Å². The Morgan fingerprint density at radius 2 is 2.35 bits per heavy atom. The topological polar surface area (TPSA) is 76.5 Å². The highest BCUT2D eigenvalue weighted by atomic mass is 16.5. The van der Waals surface area contributed by atoms with Gasteiger partial charge in [0.15, 0.2) is 0 Å². The summed E-state index contributed by atoms with van der Waals surface area (Å²) in [4.78, 5) is 24.7. The molecule has 0 spiro atoms. The summed E-state index contributed by atoms with van der Waals surface area (Å²) < 4.78 is 6.27. The molecule has 20 heavy (non-hydrogen) atoms. The summed E-state index contributed by atoms with van der Waals surface area (Å²) in [6, 6.07) is 1.76. The van der Waals surface area contributed by atoms with Crippen LogP contribution in [0, 0.1) is 0 Å². The quantitative estimate of drug-likeness (QED) is 0.817. The van der Waals surface area contributed by atoms with Crippen LogP contribution in [0.1, 0.15) is 24.5 Å². The molecule has 2 rings (SSSR count). The van der Waals surface area contributed by atoms with Crippen LogP contribution >= 0.6 is 0 Å². The predicted molar refractivity (Wildman–Crippen MR) is 72.2 cm³/mol. The van der Waals surface area contributed by atoms with E-state index in [0.29, 0.717) is 13.1 Å². The van der Waals surface area contributed by atoms with Gasteiger partial charge in [0.2, 0.25) is 0 Å². The molecule has 0 bridgehead atoms. The highest BCUT2D eigenvalue weighted by molar-refractivity contribution is 5.80. The molecule has 110 valence electrons. The molecule has 1 atom stereocenters. The summed E-state index contributed by atoms with van der Waals surface area (Å²) in [5, 5.41) is 6.97. The van der Waals surface area contributed by atoms with E-state index in [1.807, 2.05) is 19.3 Å². The van der Waals surface area contributed by atoms with Crippen LogP contribution in [0.25, 0.3) is 0 Å². The van der Waals surface area contributed by atoms with Crippen LogP contribution in [0.5, 0.6) is 0 Å². The molecule has 0 aromatic carbocycles. The summed E-state index contributed by atoms with van der Waals surface area (Å²) in [5.41, 5.74) is 1.01. The van der Waals surface area contributed by atoms with Crippen molar-refractivity contribution in [3.8, 4) is 0 Å². The van der Waals surface area contributed by atoms with Crippen LogP contribution in [0.4, 0.5) is 4.79 Å². The van der Waals surface area contributed by atoms with E-state index in [1.165, 1.54) is 7.11 Å². The van der Waals surface area contributed by atoms with Gasteiger partial charge in [-0.15, -0.1) is 0 Å². The fourth-order valence-corrected chi connectivity index (χ4v) is 2.39.